The number of carbonyl (C=O) groups excluding carboxylic acids is 2. The number of nitrogens with one attached hydrogen (secondary N) is 2. The lowest BCUT2D eigenvalue weighted by atomic mass is 9.85. The van der Waals surface area contributed by atoms with Crippen molar-refractivity contribution in [3.05, 3.63) is 94.4 Å². The lowest BCUT2D eigenvalue weighted by molar-refractivity contribution is -0.117. The van der Waals surface area contributed by atoms with Gasteiger partial charge in [0.25, 0.3) is 5.56 Å². The predicted octanol–water partition coefficient (Wildman–Crippen LogP) is 4.06. The van der Waals surface area contributed by atoms with Gasteiger partial charge in [-0.15, -0.1) is 0 Å². The summed E-state index contributed by atoms with van der Waals surface area (Å²) in [6.07, 6.45) is 8.47. The molecule has 210 valence electrons. The van der Waals surface area contributed by atoms with E-state index in [0.717, 1.165) is 0 Å². The number of carbonyl (C=O) groups is 2. The van der Waals surface area contributed by atoms with Gasteiger partial charge < -0.3 is 28.9 Å². The van der Waals surface area contributed by atoms with Gasteiger partial charge >= 0.3 is 5.97 Å². The van der Waals surface area contributed by atoms with E-state index >= 15 is 8.78 Å². The molecule has 1 aliphatic carbocycles. The van der Waals surface area contributed by atoms with E-state index in [4.69, 9.17) is 9.15 Å². The number of benzene rings is 1. The van der Waals surface area contributed by atoms with Crippen molar-refractivity contribution in [1.82, 2.24) is 19.8 Å². The number of allylic oxidation sites excluding steroid dienone is 3. The van der Waals surface area contributed by atoms with E-state index < -0.39 is 35.1 Å². The van der Waals surface area contributed by atoms with Gasteiger partial charge in [0, 0.05) is 30.1 Å². The number of halogens is 2. The summed E-state index contributed by atoms with van der Waals surface area (Å²) in [6, 6.07) is 5.28. The normalized spacial score (nSPS) is 18.4. The number of aromatic amines is 1. The van der Waals surface area contributed by atoms with E-state index in [1.807, 2.05) is 19.0 Å². The van der Waals surface area contributed by atoms with Crippen molar-refractivity contribution in [2.75, 3.05) is 27.2 Å². The van der Waals surface area contributed by atoms with Crippen LogP contribution in [0, 0.1) is 11.7 Å². The molecule has 11 heteroatoms. The number of hydrogen-bond acceptors (Lipinski definition) is 7. The van der Waals surface area contributed by atoms with E-state index in [2.05, 4.69) is 10.3 Å². The van der Waals surface area contributed by atoms with E-state index in [1.165, 1.54) is 59.7 Å². The molecular weight excluding hydrogens is 534 g/mol. The fraction of sp³-hybridized carbons (Fsp3) is 0.233. The van der Waals surface area contributed by atoms with Crippen molar-refractivity contribution >= 4 is 33.6 Å². The number of H-pyrrole nitrogens is 1. The summed E-state index contributed by atoms with van der Waals surface area (Å²) >= 11 is 0. The quantitative estimate of drug-likeness (QED) is 0.328. The molecule has 3 aromatic heterocycles. The zero-order chi connectivity index (χ0) is 28.8. The summed E-state index contributed by atoms with van der Waals surface area (Å²) in [4.78, 5) is 43.9. The Labute approximate surface area is 232 Å². The average Bonchev–Trinajstić information content (AvgIpc) is 3.54. The molecular formula is C30H26F2N4O5. The zero-order valence-corrected chi connectivity index (χ0v) is 22.2. The minimum atomic E-state index is -0.779. The van der Waals surface area contributed by atoms with Gasteiger partial charge in [0.2, 0.25) is 0 Å². The number of ketones is 1. The highest BCUT2D eigenvalue weighted by Gasteiger charge is 2.34. The van der Waals surface area contributed by atoms with Gasteiger partial charge in [-0.2, -0.15) is 0 Å². The summed E-state index contributed by atoms with van der Waals surface area (Å²) in [7, 11) is 3.65. The van der Waals surface area contributed by atoms with Gasteiger partial charge in [0.05, 0.1) is 46.6 Å². The molecule has 1 aromatic carbocycles. The number of esters is 1. The van der Waals surface area contributed by atoms with Gasteiger partial charge in [-0.25, -0.2) is 13.6 Å². The number of hydrogen-bond donors (Lipinski definition) is 2. The summed E-state index contributed by atoms with van der Waals surface area (Å²) in [6.45, 7) is 0.224. The van der Waals surface area contributed by atoms with Crippen LogP contribution in [-0.2, 0) is 16.1 Å². The van der Waals surface area contributed by atoms with Gasteiger partial charge in [-0.3, -0.25) is 9.59 Å². The molecule has 2 aliphatic rings. The SMILES string of the molecule is CN(C)CCOC(=O)c1c(-c2ccc[nH]c2=O)c2c3occc3c(F)cc2n1CC1=CC2C(=O)C=CNC2C=C1F. The van der Waals surface area contributed by atoms with Crippen LogP contribution in [0.2, 0.25) is 0 Å². The first-order valence-corrected chi connectivity index (χ1v) is 13.0. The molecule has 1 aliphatic heterocycles. The molecule has 0 amide bonds. The third kappa shape index (κ3) is 4.57. The summed E-state index contributed by atoms with van der Waals surface area (Å²) in [5.74, 6) is -2.84. The molecule has 0 saturated carbocycles. The van der Waals surface area contributed by atoms with Crippen LogP contribution in [0.4, 0.5) is 8.78 Å². The Morgan fingerprint density at radius 3 is 2.80 bits per heavy atom. The molecule has 41 heavy (non-hydrogen) atoms. The van der Waals surface area contributed by atoms with Crippen LogP contribution < -0.4 is 10.9 Å². The molecule has 0 radical (unpaired) electrons. The average molecular weight is 561 g/mol. The Hall–Kier alpha value is -4.77. The fourth-order valence-corrected chi connectivity index (χ4v) is 5.38. The van der Waals surface area contributed by atoms with Crippen LogP contribution >= 0.6 is 0 Å². The summed E-state index contributed by atoms with van der Waals surface area (Å²) in [5.41, 5.74) is 0.206. The summed E-state index contributed by atoms with van der Waals surface area (Å²) in [5, 5.41) is 3.43. The van der Waals surface area contributed by atoms with Crippen molar-refractivity contribution in [3.63, 3.8) is 0 Å². The first-order valence-electron chi connectivity index (χ1n) is 13.0. The first kappa shape index (κ1) is 26.5. The van der Waals surface area contributed by atoms with Crippen molar-refractivity contribution in [2.45, 2.75) is 12.6 Å². The van der Waals surface area contributed by atoms with Crippen LogP contribution in [0.3, 0.4) is 0 Å². The third-order valence-electron chi connectivity index (χ3n) is 7.36. The highest BCUT2D eigenvalue weighted by atomic mass is 19.1. The Kier molecular flexibility index (Phi) is 6.66. The van der Waals surface area contributed by atoms with E-state index in [0.29, 0.717) is 11.9 Å². The maximum Gasteiger partial charge on any atom is 0.355 e. The second-order valence-corrected chi connectivity index (χ2v) is 10.2. The Morgan fingerprint density at radius 1 is 1.20 bits per heavy atom. The van der Waals surface area contributed by atoms with Crippen molar-refractivity contribution in [2.24, 2.45) is 5.92 Å². The van der Waals surface area contributed by atoms with Crippen molar-refractivity contribution in [3.8, 4) is 11.1 Å². The minimum Gasteiger partial charge on any atom is -0.463 e. The fourth-order valence-electron chi connectivity index (χ4n) is 5.38. The van der Waals surface area contributed by atoms with Gasteiger partial charge in [-0.05, 0) is 50.5 Å². The van der Waals surface area contributed by atoms with Crippen LogP contribution in [0.25, 0.3) is 33.0 Å². The number of likely N-dealkylation sites (N-methyl/N-ethyl adjacent to an activating group) is 1. The van der Waals surface area contributed by atoms with E-state index in [1.54, 1.807) is 6.07 Å². The molecule has 2 atom stereocenters. The standard InChI is InChI=1S/C30H26F2N4O5/c1-35(2)9-11-41-30(39)27-25(18-4-3-7-34-29(18)38)26-23(14-21(32)17-6-10-40-28(17)26)36(27)15-16-12-19-22(13-20(16)31)33-8-5-24(19)37/h3-8,10,12-14,19,22,33H,9,11,15H2,1-2H3,(H,34,38). The summed E-state index contributed by atoms with van der Waals surface area (Å²) < 4.78 is 43.5. The zero-order valence-electron chi connectivity index (χ0n) is 22.2. The molecule has 0 bridgehead atoms. The van der Waals surface area contributed by atoms with Crippen molar-refractivity contribution < 1.29 is 27.5 Å². The lowest BCUT2D eigenvalue weighted by Crippen LogP contribution is -2.40. The van der Waals surface area contributed by atoms with Gasteiger partial charge in [0.1, 0.15) is 29.5 Å². The molecule has 0 spiro atoms. The highest BCUT2D eigenvalue weighted by Crippen LogP contribution is 2.41. The first-order chi connectivity index (χ1) is 19.7. The molecule has 9 nitrogen and oxygen atoms in total. The number of fused-ring (bicyclic) bond motifs is 4. The van der Waals surface area contributed by atoms with Crippen LogP contribution in [0.15, 0.2) is 81.8 Å². The Balaban J connectivity index is 1.62. The van der Waals surface area contributed by atoms with Crippen molar-refractivity contribution in [1.29, 1.82) is 0 Å². The molecule has 6 rings (SSSR count). The number of ether oxygens (including phenoxy) is 1. The largest absolute Gasteiger partial charge is 0.463 e. The van der Waals surface area contributed by atoms with Crippen LogP contribution in [-0.4, -0.2) is 59.5 Å². The predicted molar refractivity (Wildman–Crippen MR) is 148 cm³/mol. The van der Waals surface area contributed by atoms with Crippen LogP contribution in [0.1, 0.15) is 10.5 Å². The van der Waals surface area contributed by atoms with Crippen LogP contribution in [0.5, 0.6) is 0 Å². The number of furan rings is 1. The molecule has 4 heterocycles. The molecule has 0 fully saturated rings. The molecule has 2 unspecified atom stereocenters. The number of aromatic nitrogens is 2. The number of rotatable bonds is 7. The third-order valence-corrected chi connectivity index (χ3v) is 7.36. The molecule has 4 aromatic rings. The maximum absolute atomic E-state index is 15.5. The molecule has 0 saturated heterocycles. The topological polar surface area (TPSA) is 110 Å². The highest BCUT2D eigenvalue weighted by molar-refractivity contribution is 6.17. The number of nitrogens with zero attached hydrogens (tertiary/aromatic N) is 2. The Bertz CT molecular complexity index is 1860. The maximum atomic E-state index is 15.5. The van der Waals surface area contributed by atoms with E-state index in [-0.39, 0.29) is 57.8 Å². The van der Waals surface area contributed by atoms with Gasteiger partial charge in [0.15, 0.2) is 5.78 Å². The smallest absolute Gasteiger partial charge is 0.355 e. The number of pyridine rings is 1. The second-order valence-electron chi connectivity index (χ2n) is 10.2. The van der Waals surface area contributed by atoms with E-state index in [9.17, 15) is 14.4 Å². The lowest BCUT2D eigenvalue weighted by Gasteiger charge is -2.28. The minimum absolute atomic E-state index is 0.0374. The van der Waals surface area contributed by atoms with Gasteiger partial charge in [-0.1, -0.05) is 6.08 Å². The monoisotopic (exact) mass is 560 g/mol. The molecule has 2 N–H and O–H groups in total. The Morgan fingerprint density at radius 2 is 2.02 bits per heavy atom. The second kappa shape index (κ2) is 10.3.